The summed E-state index contributed by atoms with van der Waals surface area (Å²) < 4.78 is 0. The van der Waals surface area contributed by atoms with Gasteiger partial charge in [0.15, 0.2) is 0 Å². The Kier molecular flexibility index (Phi) is 5.74. The summed E-state index contributed by atoms with van der Waals surface area (Å²) in [7, 11) is 0. The smallest absolute Gasteiger partial charge is 0.234 e. The number of piperazine rings is 1. The fraction of sp³-hybridized carbons (Fsp3) is 0.600. The molecule has 1 fully saturated rings. The SMILES string of the molecule is CC(=O)N1CCN(CC(=O)N[C@H](C)c2ccc3c(c2)CCCC3)CC1. The average molecular weight is 343 g/mol. The highest BCUT2D eigenvalue weighted by Crippen LogP contribution is 2.24. The van der Waals surface area contributed by atoms with E-state index in [0.717, 1.165) is 19.5 Å². The number of nitrogens with one attached hydrogen (secondary N) is 1. The van der Waals surface area contributed by atoms with Crippen LogP contribution in [0.3, 0.4) is 0 Å². The van der Waals surface area contributed by atoms with Crippen molar-refractivity contribution in [3.8, 4) is 0 Å². The van der Waals surface area contributed by atoms with E-state index in [9.17, 15) is 9.59 Å². The van der Waals surface area contributed by atoms with Gasteiger partial charge in [-0.05, 0) is 49.3 Å². The molecule has 25 heavy (non-hydrogen) atoms. The van der Waals surface area contributed by atoms with Gasteiger partial charge in [-0.15, -0.1) is 0 Å². The van der Waals surface area contributed by atoms with Crippen molar-refractivity contribution in [1.82, 2.24) is 15.1 Å². The number of benzene rings is 1. The Morgan fingerprint density at radius 2 is 1.76 bits per heavy atom. The van der Waals surface area contributed by atoms with E-state index >= 15 is 0 Å². The predicted octanol–water partition coefficient (Wildman–Crippen LogP) is 1.91. The minimum atomic E-state index is 0.0261. The Bertz CT molecular complexity index is 636. The van der Waals surface area contributed by atoms with Gasteiger partial charge in [-0.2, -0.15) is 0 Å². The van der Waals surface area contributed by atoms with Gasteiger partial charge in [-0.25, -0.2) is 0 Å². The minimum absolute atomic E-state index is 0.0261. The molecule has 0 radical (unpaired) electrons. The van der Waals surface area contributed by atoms with Crippen LogP contribution in [0.15, 0.2) is 18.2 Å². The summed E-state index contributed by atoms with van der Waals surface area (Å²) in [6, 6.07) is 6.68. The van der Waals surface area contributed by atoms with E-state index in [1.54, 1.807) is 6.92 Å². The second kappa shape index (κ2) is 8.00. The Labute approximate surface area is 150 Å². The molecule has 1 aromatic rings. The maximum absolute atomic E-state index is 12.4. The highest BCUT2D eigenvalue weighted by molar-refractivity contribution is 5.78. The summed E-state index contributed by atoms with van der Waals surface area (Å²) in [6.07, 6.45) is 4.89. The molecule has 0 saturated carbocycles. The van der Waals surface area contributed by atoms with Crippen LogP contribution in [-0.2, 0) is 22.4 Å². The average Bonchev–Trinajstić information content (AvgIpc) is 2.61. The number of fused-ring (bicyclic) bond motifs is 1. The number of hydrogen-bond donors (Lipinski definition) is 1. The van der Waals surface area contributed by atoms with E-state index in [1.807, 2.05) is 4.90 Å². The van der Waals surface area contributed by atoms with Crippen molar-refractivity contribution in [3.05, 3.63) is 34.9 Å². The lowest BCUT2D eigenvalue weighted by Crippen LogP contribution is -2.50. The Hall–Kier alpha value is -1.88. The molecule has 1 saturated heterocycles. The van der Waals surface area contributed by atoms with E-state index in [1.165, 1.54) is 36.0 Å². The van der Waals surface area contributed by atoms with Crippen LogP contribution < -0.4 is 5.32 Å². The van der Waals surface area contributed by atoms with Crippen molar-refractivity contribution in [2.75, 3.05) is 32.7 Å². The summed E-state index contributed by atoms with van der Waals surface area (Å²) >= 11 is 0. The zero-order valence-corrected chi connectivity index (χ0v) is 15.4. The molecule has 3 rings (SSSR count). The summed E-state index contributed by atoms with van der Waals surface area (Å²) in [5, 5.41) is 3.12. The van der Waals surface area contributed by atoms with E-state index in [0.29, 0.717) is 19.6 Å². The highest BCUT2D eigenvalue weighted by atomic mass is 16.2. The fourth-order valence-electron chi connectivity index (χ4n) is 3.82. The van der Waals surface area contributed by atoms with Gasteiger partial charge >= 0.3 is 0 Å². The van der Waals surface area contributed by atoms with Crippen LogP contribution in [0.1, 0.15) is 49.4 Å². The first-order valence-electron chi connectivity index (χ1n) is 9.42. The molecule has 2 aliphatic rings. The van der Waals surface area contributed by atoms with E-state index < -0.39 is 0 Å². The third-order valence-electron chi connectivity index (χ3n) is 5.43. The number of carbonyl (C=O) groups excluding carboxylic acids is 2. The van der Waals surface area contributed by atoms with Gasteiger partial charge in [-0.1, -0.05) is 18.2 Å². The van der Waals surface area contributed by atoms with E-state index in [-0.39, 0.29) is 17.9 Å². The van der Waals surface area contributed by atoms with Crippen molar-refractivity contribution in [2.24, 2.45) is 0 Å². The van der Waals surface area contributed by atoms with Gasteiger partial charge in [-0.3, -0.25) is 14.5 Å². The summed E-state index contributed by atoms with van der Waals surface area (Å²) in [5.41, 5.74) is 4.11. The van der Waals surface area contributed by atoms with Crippen LogP contribution in [-0.4, -0.2) is 54.3 Å². The van der Waals surface area contributed by atoms with Gasteiger partial charge in [0, 0.05) is 33.1 Å². The first kappa shape index (κ1) is 17.9. The molecule has 5 heteroatoms. The molecule has 0 bridgehead atoms. The molecule has 1 aromatic carbocycles. The topological polar surface area (TPSA) is 52.7 Å². The molecule has 1 aliphatic carbocycles. The number of amides is 2. The molecular formula is C20H29N3O2. The summed E-state index contributed by atoms with van der Waals surface area (Å²) in [6.45, 7) is 7.01. The maximum Gasteiger partial charge on any atom is 0.234 e. The van der Waals surface area contributed by atoms with Gasteiger partial charge in [0.05, 0.1) is 12.6 Å². The van der Waals surface area contributed by atoms with E-state index in [4.69, 9.17) is 0 Å². The van der Waals surface area contributed by atoms with Gasteiger partial charge < -0.3 is 10.2 Å². The van der Waals surface area contributed by atoms with E-state index in [2.05, 4.69) is 35.3 Å². The molecule has 0 aromatic heterocycles. The first-order chi connectivity index (χ1) is 12.0. The zero-order chi connectivity index (χ0) is 17.8. The lowest BCUT2D eigenvalue weighted by atomic mass is 9.89. The lowest BCUT2D eigenvalue weighted by Gasteiger charge is -2.33. The largest absolute Gasteiger partial charge is 0.348 e. The summed E-state index contributed by atoms with van der Waals surface area (Å²) in [4.78, 5) is 27.7. The molecular weight excluding hydrogens is 314 g/mol. The Morgan fingerprint density at radius 1 is 1.08 bits per heavy atom. The molecule has 1 heterocycles. The minimum Gasteiger partial charge on any atom is -0.348 e. The third kappa shape index (κ3) is 4.60. The van der Waals surface area contributed by atoms with Crippen LogP contribution in [0.2, 0.25) is 0 Å². The number of carbonyl (C=O) groups is 2. The van der Waals surface area contributed by atoms with Crippen LogP contribution in [0, 0.1) is 0 Å². The molecule has 1 atom stereocenters. The third-order valence-corrected chi connectivity index (χ3v) is 5.43. The second-order valence-corrected chi connectivity index (χ2v) is 7.31. The van der Waals surface area contributed by atoms with Gasteiger partial charge in [0.2, 0.25) is 11.8 Å². The number of hydrogen-bond acceptors (Lipinski definition) is 3. The number of aryl methyl sites for hydroxylation is 2. The lowest BCUT2D eigenvalue weighted by molar-refractivity contribution is -0.131. The Balaban J connectivity index is 1.50. The molecule has 0 spiro atoms. The summed E-state index contributed by atoms with van der Waals surface area (Å²) in [5.74, 6) is 0.173. The molecule has 0 unspecified atom stereocenters. The van der Waals surface area contributed by atoms with Crippen molar-refractivity contribution in [3.63, 3.8) is 0 Å². The first-order valence-corrected chi connectivity index (χ1v) is 9.42. The molecule has 5 nitrogen and oxygen atoms in total. The molecule has 136 valence electrons. The maximum atomic E-state index is 12.4. The van der Waals surface area contributed by atoms with Crippen LogP contribution in [0.25, 0.3) is 0 Å². The van der Waals surface area contributed by atoms with Crippen molar-refractivity contribution in [1.29, 1.82) is 0 Å². The van der Waals surface area contributed by atoms with Crippen LogP contribution in [0.4, 0.5) is 0 Å². The number of nitrogens with zero attached hydrogens (tertiary/aromatic N) is 2. The second-order valence-electron chi connectivity index (χ2n) is 7.31. The van der Waals surface area contributed by atoms with Crippen molar-refractivity contribution in [2.45, 2.75) is 45.6 Å². The monoisotopic (exact) mass is 343 g/mol. The normalized spacial score (nSPS) is 19.2. The van der Waals surface area contributed by atoms with Crippen LogP contribution >= 0.6 is 0 Å². The van der Waals surface area contributed by atoms with Crippen molar-refractivity contribution >= 4 is 11.8 Å². The van der Waals surface area contributed by atoms with Crippen molar-refractivity contribution < 1.29 is 9.59 Å². The predicted molar refractivity (Wildman–Crippen MR) is 98.3 cm³/mol. The Morgan fingerprint density at radius 3 is 2.44 bits per heavy atom. The van der Waals surface area contributed by atoms with Gasteiger partial charge in [0.25, 0.3) is 0 Å². The highest BCUT2D eigenvalue weighted by Gasteiger charge is 2.21. The van der Waals surface area contributed by atoms with Gasteiger partial charge in [0.1, 0.15) is 0 Å². The quantitative estimate of drug-likeness (QED) is 0.909. The zero-order valence-electron chi connectivity index (χ0n) is 15.4. The number of rotatable bonds is 4. The standard InChI is InChI=1S/C20H29N3O2/c1-15(18-8-7-17-5-3-4-6-19(17)13-18)21-20(25)14-22-9-11-23(12-10-22)16(2)24/h7-8,13,15H,3-6,9-12,14H2,1-2H3,(H,21,25)/t15-/m1/s1. The fourth-order valence-corrected chi connectivity index (χ4v) is 3.82. The molecule has 2 amide bonds. The molecule has 1 N–H and O–H groups in total. The van der Waals surface area contributed by atoms with Crippen LogP contribution in [0.5, 0.6) is 0 Å². The molecule has 1 aliphatic heterocycles.